The van der Waals surface area contributed by atoms with Gasteiger partial charge in [0.25, 0.3) is 0 Å². The van der Waals surface area contributed by atoms with Gasteiger partial charge in [0, 0.05) is 12.4 Å². The van der Waals surface area contributed by atoms with Crippen molar-refractivity contribution in [3.8, 4) is 0 Å². The monoisotopic (exact) mass is 275 g/mol. The molecular weight excluding hydrogens is 258 g/mol. The van der Waals surface area contributed by atoms with Crippen LogP contribution in [-0.2, 0) is 19.2 Å². The van der Waals surface area contributed by atoms with Crippen LogP contribution in [0.4, 0.5) is 0 Å². The van der Waals surface area contributed by atoms with Crippen molar-refractivity contribution in [1.82, 2.24) is 18.5 Å². The van der Waals surface area contributed by atoms with Gasteiger partial charge in [-0.3, -0.25) is 4.79 Å². The maximum absolute atomic E-state index is 10.5. The van der Waals surface area contributed by atoms with Crippen molar-refractivity contribution in [2.24, 2.45) is 0 Å². The van der Waals surface area contributed by atoms with E-state index in [9.17, 15) is 34.5 Å². The van der Waals surface area contributed by atoms with Crippen LogP contribution in [0.25, 0.3) is 0 Å². The summed E-state index contributed by atoms with van der Waals surface area (Å²) in [4.78, 5) is 40.5. The number of carbonyl (C=O) groups is 4. The number of aliphatic carboxylic acids is 3. The Kier molecular flexibility index (Phi) is 16.6. The van der Waals surface area contributed by atoms with E-state index in [4.69, 9.17) is 5.11 Å². The van der Waals surface area contributed by atoms with E-state index < -0.39 is 35.7 Å². The third-order valence-corrected chi connectivity index (χ3v) is 1.30. The second-order valence-electron chi connectivity index (χ2n) is 2.31. The topological polar surface area (TPSA) is 299 Å². The van der Waals surface area contributed by atoms with Crippen molar-refractivity contribution in [3.63, 3.8) is 0 Å². The number of hydrogen-bond acceptors (Lipinski definition) is 8. The van der Waals surface area contributed by atoms with Crippen LogP contribution in [0.15, 0.2) is 0 Å². The molecule has 110 valence electrons. The van der Waals surface area contributed by atoms with E-state index in [0.717, 1.165) is 0 Å². The van der Waals surface area contributed by atoms with Crippen molar-refractivity contribution in [1.29, 1.82) is 0 Å². The molecule has 0 saturated carbocycles. The van der Waals surface area contributed by atoms with Gasteiger partial charge in [0.1, 0.15) is 5.97 Å². The Balaban J connectivity index is -0.000000141. The number of rotatable bonds is 5. The Hall–Kier alpha value is -2.12. The first-order chi connectivity index (χ1) is 6.21. The molecule has 1 unspecified atom stereocenters. The molecule has 0 aromatic carbocycles. The Morgan fingerprint density at radius 2 is 1.28 bits per heavy atom. The lowest BCUT2D eigenvalue weighted by molar-refractivity contribution is -0.333. The summed E-state index contributed by atoms with van der Waals surface area (Å²) < 4.78 is 0. The fourth-order valence-electron chi connectivity index (χ4n) is 0.623. The van der Waals surface area contributed by atoms with Gasteiger partial charge in [-0.15, -0.1) is 0 Å². The van der Waals surface area contributed by atoms with Crippen molar-refractivity contribution in [3.05, 3.63) is 0 Å². The Morgan fingerprint density at radius 3 is 1.44 bits per heavy atom. The third kappa shape index (κ3) is 6.46. The zero-order valence-electron chi connectivity index (χ0n) is 10.0. The lowest BCUT2D eigenvalue weighted by Gasteiger charge is -2.27. The van der Waals surface area contributed by atoms with E-state index in [-0.39, 0.29) is 23.9 Å². The predicted molar refractivity (Wildman–Crippen MR) is 51.2 cm³/mol. The number of carboxylic acid groups (broad SMARTS) is 3. The number of ketones is 1. The van der Waals surface area contributed by atoms with Crippen LogP contribution in [0.3, 0.4) is 0 Å². The first-order valence-corrected chi connectivity index (χ1v) is 3.11. The average molecular weight is 275 g/mol. The minimum absolute atomic E-state index is 0. The molecule has 0 amide bonds. The summed E-state index contributed by atoms with van der Waals surface area (Å²) in [5.74, 6) is -9.50. The Labute approximate surface area is 100 Å². The summed E-state index contributed by atoms with van der Waals surface area (Å²) in [7, 11) is 0. The van der Waals surface area contributed by atoms with Gasteiger partial charge >= 0.3 is 0 Å². The standard InChI is InChI=1S/C6H6O8.3H3N.H2O/c7-2(8)1-6(14,5(12)13)3(9)4(10)11;;;;/h14H,1H2,(H,7,8)(H,10,11)(H,12,13);3*1H3;1H2. The normalized spacial score (nSPS) is 10.9. The molecule has 0 rings (SSSR count). The molecular formula is C6H17N3O9. The molecule has 0 aliphatic heterocycles. The SMILES string of the molecule is O.O=C([O-])CC(O)(C(=O)[O-])C(=O)C(=O)[O-].[NH4+].[NH4+].[NH4+]. The third-order valence-electron chi connectivity index (χ3n) is 1.30. The van der Waals surface area contributed by atoms with Crippen LogP contribution in [0.1, 0.15) is 6.42 Å². The summed E-state index contributed by atoms with van der Waals surface area (Å²) in [5, 5.41) is 38.8. The highest BCUT2D eigenvalue weighted by atomic mass is 16.4. The summed E-state index contributed by atoms with van der Waals surface area (Å²) in [6.07, 6.45) is -1.72. The van der Waals surface area contributed by atoms with Crippen LogP contribution < -0.4 is 33.8 Å². The Morgan fingerprint density at radius 1 is 0.944 bits per heavy atom. The highest BCUT2D eigenvalue weighted by Gasteiger charge is 2.38. The summed E-state index contributed by atoms with van der Waals surface area (Å²) in [5.41, 5.74) is -3.66. The van der Waals surface area contributed by atoms with Crippen molar-refractivity contribution in [2.75, 3.05) is 0 Å². The van der Waals surface area contributed by atoms with Crippen LogP contribution in [-0.4, -0.2) is 39.9 Å². The fourth-order valence-corrected chi connectivity index (χ4v) is 0.623. The predicted octanol–water partition coefficient (Wildman–Crippen LogP) is -5.77. The molecule has 0 radical (unpaired) electrons. The molecule has 0 bridgehead atoms. The number of Topliss-reactive ketones (excluding diaryl/α,β-unsaturated/α-hetero) is 1. The molecule has 0 aliphatic rings. The van der Waals surface area contributed by atoms with Crippen LogP contribution >= 0.6 is 0 Å². The molecule has 0 aromatic heterocycles. The van der Waals surface area contributed by atoms with Gasteiger partial charge in [-0.25, -0.2) is 0 Å². The highest BCUT2D eigenvalue weighted by Crippen LogP contribution is 2.10. The number of quaternary nitrogens is 3. The lowest BCUT2D eigenvalue weighted by Crippen LogP contribution is -2.60. The van der Waals surface area contributed by atoms with E-state index in [1.165, 1.54) is 0 Å². The lowest BCUT2D eigenvalue weighted by atomic mass is 9.94. The molecule has 0 saturated heterocycles. The quantitative estimate of drug-likeness (QED) is 0.275. The molecule has 0 spiro atoms. The average Bonchev–Trinajstić information content (AvgIpc) is 2.00. The molecule has 1 atom stereocenters. The zero-order chi connectivity index (χ0) is 11.5. The van der Waals surface area contributed by atoms with Gasteiger partial charge in [0.2, 0.25) is 5.78 Å². The van der Waals surface area contributed by atoms with E-state index in [1.807, 2.05) is 0 Å². The number of aliphatic hydroxyl groups is 1. The molecule has 0 fully saturated rings. The van der Waals surface area contributed by atoms with E-state index in [0.29, 0.717) is 0 Å². The first kappa shape index (κ1) is 29.7. The minimum Gasteiger partial charge on any atom is -0.550 e. The van der Waals surface area contributed by atoms with Gasteiger partial charge in [-0.05, 0) is 0 Å². The molecule has 0 heterocycles. The van der Waals surface area contributed by atoms with Crippen molar-refractivity contribution in [2.45, 2.75) is 12.0 Å². The molecule has 0 aliphatic carbocycles. The van der Waals surface area contributed by atoms with Gasteiger partial charge in [-0.1, -0.05) is 0 Å². The zero-order valence-corrected chi connectivity index (χ0v) is 10.0. The fraction of sp³-hybridized carbons (Fsp3) is 0.333. The maximum Gasteiger partial charge on any atom is 0.215 e. The molecule has 15 N–H and O–H groups in total. The minimum atomic E-state index is -3.66. The largest absolute Gasteiger partial charge is 0.550 e. The smallest absolute Gasteiger partial charge is 0.215 e. The van der Waals surface area contributed by atoms with Crippen LogP contribution in [0.2, 0.25) is 0 Å². The molecule has 0 aromatic rings. The van der Waals surface area contributed by atoms with E-state index in [2.05, 4.69) is 0 Å². The number of carbonyl (C=O) groups excluding carboxylic acids is 4. The molecule has 12 heteroatoms. The summed E-state index contributed by atoms with van der Waals surface area (Å²) in [6.45, 7) is 0. The maximum atomic E-state index is 10.5. The van der Waals surface area contributed by atoms with Crippen molar-refractivity contribution >= 4 is 23.7 Å². The van der Waals surface area contributed by atoms with Gasteiger partial charge in [0.05, 0.1) is 5.97 Å². The van der Waals surface area contributed by atoms with Gasteiger partial charge < -0.3 is 58.7 Å². The van der Waals surface area contributed by atoms with Gasteiger partial charge in [0.15, 0.2) is 5.60 Å². The summed E-state index contributed by atoms with van der Waals surface area (Å²) >= 11 is 0. The van der Waals surface area contributed by atoms with Crippen molar-refractivity contribution < 1.29 is 45.1 Å². The van der Waals surface area contributed by atoms with Crippen LogP contribution in [0, 0.1) is 0 Å². The first-order valence-electron chi connectivity index (χ1n) is 3.11. The second-order valence-corrected chi connectivity index (χ2v) is 2.31. The second kappa shape index (κ2) is 10.1. The number of hydrogen-bond donors (Lipinski definition) is 4. The van der Waals surface area contributed by atoms with Gasteiger partial charge in [-0.2, -0.15) is 0 Å². The van der Waals surface area contributed by atoms with E-state index in [1.54, 1.807) is 0 Å². The molecule has 18 heavy (non-hydrogen) atoms. The molecule has 12 nitrogen and oxygen atoms in total. The van der Waals surface area contributed by atoms with Crippen LogP contribution in [0.5, 0.6) is 0 Å². The highest BCUT2D eigenvalue weighted by molar-refractivity contribution is 6.40. The summed E-state index contributed by atoms with van der Waals surface area (Å²) in [6, 6.07) is 0. The van der Waals surface area contributed by atoms with E-state index >= 15 is 0 Å². The Bertz CT molecular complexity index is 317. The number of carboxylic acids is 3.